The predicted molar refractivity (Wildman–Crippen MR) is 56.1 cm³/mol. The van der Waals surface area contributed by atoms with E-state index < -0.39 is 32.3 Å². The summed E-state index contributed by atoms with van der Waals surface area (Å²) < 4.78 is 53.3. The maximum absolute atomic E-state index is 13.6. The van der Waals surface area contributed by atoms with Crippen molar-refractivity contribution in [2.24, 2.45) is 5.14 Å². The summed E-state index contributed by atoms with van der Waals surface area (Å²) in [6.45, 7) is 0. The molecule has 0 spiro atoms. The van der Waals surface area contributed by atoms with Crippen molar-refractivity contribution in [2.45, 2.75) is 4.90 Å². The van der Waals surface area contributed by atoms with Crippen molar-refractivity contribution >= 4 is 10.0 Å². The lowest BCUT2D eigenvalue weighted by Crippen LogP contribution is -2.14. The molecule has 6 nitrogen and oxygen atoms in total. The third-order valence-corrected chi connectivity index (χ3v) is 3.06. The number of oxazole rings is 1. The van der Waals surface area contributed by atoms with Gasteiger partial charge in [0.2, 0.25) is 10.0 Å². The number of halogens is 2. The van der Waals surface area contributed by atoms with E-state index in [0.29, 0.717) is 12.1 Å². The molecule has 1 aromatic heterocycles. The second-order valence-corrected chi connectivity index (χ2v) is 4.90. The van der Waals surface area contributed by atoms with Crippen molar-refractivity contribution < 1.29 is 21.6 Å². The van der Waals surface area contributed by atoms with Gasteiger partial charge in [-0.1, -0.05) is 0 Å². The van der Waals surface area contributed by atoms with Gasteiger partial charge in [0.25, 0.3) is 0 Å². The van der Waals surface area contributed by atoms with Gasteiger partial charge in [0.05, 0.1) is 5.69 Å². The van der Waals surface area contributed by atoms with Crippen LogP contribution in [-0.4, -0.2) is 13.4 Å². The molecule has 0 unspecified atom stereocenters. The van der Waals surface area contributed by atoms with Crippen molar-refractivity contribution in [1.29, 1.82) is 0 Å². The molecule has 2 aromatic rings. The second-order valence-electron chi connectivity index (χ2n) is 3.37. The van der Waals surface area contributed by atoms with Gasteiger partial charge in [-0.05, 0) is 12.1 Å². The number of aromatic nitrogens is 1. The lowest BCUT2D eigenvalue weighted by Gasteiger charge is -2.04. The van der Waals surface area contributed by atoms with Gasteiger partial charge >= 0.3 is 5.76 Å². The molecular formula is C9H6F2N2O4S. The molecule has 0 saturated heterocycles. The van der Waals surface area contributed by atoms with Gasteiger partial charge in [-0.25, -0.2) is 27.1 Å². The van der Waals surface area contributed by atoms with Crippen LogP contribution in [0.25, 0.3) is 11.3 Å². The van der Waals surface area contributed by atoms with E-state index >= 15 is 0 Å². The van der Waals surface area contributed by atoms with Gasteiger partial charge in [-0.2, -0.15) is 0 Å². The number of hydrogen-bond acceptors (Lipinski definition) is 4. The minimum Gasteiger partial charge on any atom is -0.416 e. The highest BCUT2D eigenvalue weighted by atomic mass is 32.2. The Hall–Kier alpha value is -2.00. The van der Waals surface area contributed by atoms with Gasteiger partial charge in [-0.15, -0.1) is 0 Å². The highest BCUT2D eigenvalue weighted by Gasteiger charge is 2.19. The Balaban J connectivity index is 2.67. The maximum atomic E-state index is 13.6. The number of rotatable bonds is 2. The molecule has 1 aromatic carbocycles. The van der Waals surface area contributed by atoms with Crippen molar-refractivity contribution in [3.05, 3.63) is 40.6 Å². The van der Waals surface area contributed by atoms with E-state index in [1.807, 2.05) is 0 Å². The van der Waals surface area contributed by atoms with E-state index in [4.69, 9.17) is 5.14 Å². The number of hydrogen-bond donors (Lipinski definition) is 2. The van der Waals surface area contributed by atoms with Gasteiger partial charge in [0.1, 0.15) is 22.8 Å². The molecule has 0 amide bonds. The SMILES string of the molecule is NS(=O)(=O)c1cc(F)c(-c2coc(=O)[nH]2)cc1F. The second kappa shape index (κ2) is 4.03. The molecule has 2 rings (SSSR count). The first kappa shape index (κ1) is 12.5. The number of sulfonamides is 1. The molecule has 0 saturated carbocycles. The van der Waals surface area contributed by atoms with Crippen molar-refractivity contribution in [2.75, 3.05) is 0 Å². The van der Waals surface area contributed by atoms with Crippen LogP contribution in [0.15, 0.2) is 32.5 Å². The molecule has 0 radical (unpaired) electrons. The van der Waals surface area contributed by atoms with Crippen LogP contribution in [0, 0.1) is 11.6 Å². The molecule has 96 valence electrons. The lowest BCUT2D eigenvalue weighted by atomic mass is 10.1. The molecule has 0 aliphatic heterocycles. The first-order valence-electron chi connectivity index (χ1n) is 4.49. The fourth-order valence-electron chi connectivity index (χ4n) is 1.37. The number of primary sulfonamides is 1. The Kier molecular flexibility index (Phi) is 2.79. The summed E-state index contributed by atoms with van der Waals surface area (Å²) in [4.78, 5) is 11.9. The highest BCUT2D eigenvalue weighted by Crippen LogP contribution is 2.25. The Labute approximate surface area is 99.1 Å². The van der Waals surface area contributed by atoms with Crippen molar-refractivity contribution in [3.8, 4) is 11.3 Å². The van der Waals surface area contributed by atoms with E-state index in [0.717, 1.165) is 6.26 Å². The fraction of sp³-hybridized carbons (Fsp3) is 0. The molecule has 9 heteroatoms. The summed E-state index contributed by atoms with van der Waals surface area (Å²) in [7, 11) is -4.36. The standard InChI is InChI=1S/C9H6F2N2O4S/c10-5-2-8(18(12,15)16)6(11)1-4(5)7-3-17-9(14)13-7/h1-3H,(H,13,14)(H2,12,15,16). The Bertz CT molecular complexity index is 763. The number of aromatic amines is 1. The molecule has 0 aliphatic carbocycles. The maximum Gasteiger partial charge on any atom is 0.416 e. The smallest absolute Gasteiger partial charge is 0.416 e. The van der Waals surface area contributed by atoms with Gasteiger partial charge in [0.15, 0.2) is 0 Å². The molecule has 0 bridgehead atoms. The molecule has 0 atom stereocenters. The van der Waals surface area contributed by atoms with Crippen molar-refractivity contribution in [3.63, 3.8) is 0 Å². The normalized spacial score (nSPS) is 11.7. The van der Waals surface area contributed by atoms with Gasteiger partial charge in [-0.3, -0.25) is 4.98 Å². The molecule has 18 heavy (non-hydrogen) atoms. The Morgan fingerprint density at radius 1 is 1.22 bits per heavy atom. The quantitative estimate of drug-likeness (QED) is 0.835. The molecule has 0 fully saturated rings. The van der Waals surface area contributed by atoms with E-state index in [1.54, 1.807) is 0 Å². The van der Waals surface area contributed by atoms with Crippen LogP contribution in [0.3, 0.4) is 0 Å². The van der Waals surface area contributed by atoms with Crippen LogP contribution in [0.4, 0.5) is 8.78 Å². The van der Waals surface area contributed by atoms with E-state index in [9.17, 15) is 22.0 Å². The number of nitrogens with two attached hydrogens (primary N) is 1. The molecular weight excluding hydrogens is 270 g/mol. The topological polar surface area (TPSA) is 106 Å². The highest BCUT2D eigenvalue weighted by molar-refractivity contribution is 7.89. The van der Waals surface area contributed by atoms with Crippen LogP contribution >= 0.6 is 0 Å². The van der Waals surface area contributed by atoms with Crippen LogP contribution in [0.2, 0.25) is 0 Å². The summed E-state index contributed by atoms with van der Waals surface area (Å²) in [5.74, 6) is -3.13. The third kappa shape index (κ3) is 2.17. The zero-order chi connectivity index (χ0) is 13.5. The van der Waals surface area contributed by atoms with Crippen LogP contribution < -0.4 is 10.9 Å². The third-order valence-electron chi connectivity index (χ3n) is 2.14. The van der Waals surface area contributed by atoms with Gasteiger partial charge in [0, 0.05) is 5.56 Å². The average Bonchev–Trinajstić information content (AvgIpc) is 2.66. The Morgan fingerprint density at radius 2 is 1.89 bits per heavy atom. The number of H-pyrrole nitrogens is 1. The first-order chi connectivity index (χ1) is 8.29. The largest absolute Gasteiger partial charge is 0.416 e. The summed E-state index contributed by atoms with van der Waals surface area (Å²) in [6, 6.07) is 1.04. The summed E-state index contributed by atoms with van der Waals surface area (Å²) in [5, 5.41) is 4.71. The number of benzene rings is 1. The minimum atomic E-state index is -4.36. The van der Waals surface area contributed by atoms with Crippen LogP contribution in [-0.2, 0) is 10.0 Å². The van der Waals surface area contributed by atoms with E-state index in [-0.39, 0.29) is 11.3 Å². The summed E-state index contributed by atoms with van der Waals surface area (Å²) in [6.07, 6.45) is 0.886. The fourth-order valence-corrected chi connectivity index (χ4v) is 1.96. The lowest BCUT2D eigenvalue weighted by molar-refractivity contribution is 0.515. The summed E-state index contributed by atoms with van der Waals surface area (Å²) >= 11 is 0. The van der Waals surface area contributed by atoms with Gasteiger partial charge < -0.3 is 4.42 Å². The Morgan fingerprint density at radius 3 is 2.39 bits per heavy atom. The molecule has 0 aliphatic rings. The van der Waals surface area contributed by atoms with E-state index in [2.05, 4.69) is 9.40 Å². The average molecular weight is 276 g/mol. The number of nitrogens with one attached hydrogen (secondary N) is 1. The first-order valence-corrected chi connectivity index (χ1v) is 6.03. The zero-order valence-electron chi connectivity index (χ0n) is 8.61. The molecule has 1 heterocycles. The van der Waals surface area contributed by atoms with Crippen LogP contribution in [0.1, 0.15) is 0 Å². The molecule has 3 N–H and O–H groups in total. The zero-order valence-corrected chi connectivity index (χ0v) is 9.42. The predicted octanol–water partition coefficient (Wildman–Crippen LogP) is 0.561. The van der Waals surface area contributed by atoms with E-state index in [1.165, 1.54) is 0 Å². The van der Waals surface area contributed by atoms with Crippen LogP contribution in [0.5, 0.6) is 0 Å². The summed E-state index contributed by atoms with van der Waals surface area (Å²) in [5.41, 5.74) is -0.455. The minimum absolute atomic E-state index is 0.114. The van der Waals surface area contributed by atoms with Crippen molar-refractivity contribution in [1.82, 2.24) is 4.98 Å². The monoisotopic (exact) mass is 276 g/mol.